The molecular formula is C19H21N7O. The van der Waals surface area contributed by atoms with Crippen LogP contribution in [-0.2, 0) is 4.79 Å². The van der Waals surface area contributed by atoms with Gasteiger partial charge in [-0.05, 0) is 38.2 Å². The number of rotatable bonds is 2. The minimum atomic E-state index is 0.00522. The van der Waals surface area contributed by atoms with E-state index in [1.165, 1.54) is 0 Å². The number of aromatic nitrogens is 5. The van der Waals surface area contributed by atoms with Crippen molar-refractivity contribution in [1.82, 2.24) is 29.7 Å². The van der Waals surface area contributed by atoms with E-state index in [1.54, 1.807) is 10.8 Å². The third kappa shape index (κ3) is 2.65. The number of nitrogens with zero attached hydrogens (tertiary/aromatic N) is 6. The predicted molar refractivity (Wildman–Crippen MR) is 97.6 cm³/mol. The van der Waals surface area contributed by atoms with Crippen LogP contribution in [0.3, 0.4) is 0 Å². The number of hydrogen-bond acceptors (Lipinski definition) is 5. The first-order valence-electron chi connectivity index (χ1n) is 9.60. The van der Waals surface area contributed by atoms with Crippen LogP contribution < -0.4 is 0 Å². The molecule has 8 heteroatoms. The lowest BCUT2D eigenvalue weighted by molar-refractivity contribution is -0.135. The smallest absolute Gasteiger partial charge is 0.225 e. The van der Waals surface area contributed by atoms with Crippen molar-refractivity contribution >= 4 is 22.5 Å². The highest BCUT2D eigenvalue weighted by atomic mass is 16.2. The largest absolute Gasteiger partial charge is 0.346 e. The number of fused-ring (bicyclic) bond motifs is 3. The van der Waals surface area contributed by atoms with Crippen molar-refractivity contribution in [3.63, 3.8) is 0 Å². The highest BCUT2D eigenvalue weighted by Crippen LogP contribution is 2.38. The molecule has 4 heterocycles. The summed E-state index contributed by atoms with van der Waals surface area (Å²) in [6.45, 7) is 1.33. The maximum Gasteiger partial charge on any atom is 0.225 e. The molecular weight excluding hydrogens is 342 g/mol. The fraction of sp³-hybridized carbons (Fsp3) is 0.526. The molecule has 27 heavy (non-hydrogen) atoms. The fourth-order valence-corrected chi connectivity index (χ4v) is 4.63. The van der Waals surface area contributed by atoms with Gasteiger partial charge in [-0.3, -0.25) is 4.79 Å². The SMILES string of the molecule is N#C[C@H]1CCN(C(=O)C2CCC(c3nnn4cnc5[nH]ccc5c34)CC2)C1. The van der Waals surface area contributed by atoms with Crippen LogP contribution in [0.15, 0.2) is 18.6 Å². The van der Waals surface area contributed by atoms with E-state index in [-0.39, 0.29) is 17.7 Å². The Hall–Kier alpha value is -2.95. The van der Waals surface area contributed by atoms with Gasteiger partial charge in [-0.15, -0.1) is 5.10 Å². The van der Waals surface area contributed by atoms with E-state index in [4.69, 9.17) is 5.26 Å². The van der Waals surface area contributed by atoms with E-state index in [0.717, 1.165) is 60.9 Å². The summed E-state index contributed by atoms with van der Waals surface area (Å²) in [7, 11) is 0. The molecule has 5 rings (SSSR count). The Kier molecular flexibility index (Phi) is 3.81. The van der Waals surface area contributed by atoms with Crippen LogP contribution in [0.1, 0.15) is 43.7 Å². The second-order valence-corrected chi connectivity index (χ2v) is 7.70. The van der Waals surface area contributed by atoms with Crippen molar-refractivity contribution in [3.05, 3.63) is 24.3 Å². The summed E-state index contributed by atoms with van der Waals surface area (Å²) in [6, 6.07) is 4.30. The maximum absolute atomic E-state index is 12.8. The molecule has 1 saturated carbocycles. The topological polar surface area (TPSA) is 103 Å². The fourth-order valence-electron chi connectivity index (χ4n) is 4.63. The molecule has 1 amide bonds. The van der Waals surface area contributed by atoms with Crippen LogP contribution in [0, 0.1) is 23.2 Å². The number of carbonyl (C=O) groups is 1. The van der Waals surface area contributed by atoms with Crippen LogP contribution in [0.4, 0.5) is 0 Å². The Bertz CT molecular complexity index is 1040. The van der Waals surface area contributed by atoms with Gasteiger partial charge in [0.05, 0.1) is 17.7 Å². The minimum absolute atomic E-state index is 0.00522. The molecule has 3 aromatic rings. The Morgan fingerprint density at radius 3 is 2.89 bits per heavy atom. The van der Waals surface area contributed by atoms with E-state index in [1.807, 2.05) is 17.2 Å². The molecule has 2 aliphatic rings. The number of aromatic amines is 1. The van der Waals surface area contributed by atoms with Crippen molar-refractivity contribution in [2.75, 3.05) is 13.1 Å². The lowest BCUT2D eigenvalue weighted by Crippen LogP contribution is -2.36. The molecule has 0 spiro atoms. The number of likely N-dealkylation sites (tertiary alicyclic amines) is 1. The van der Waals surface area contributed by atoms with Gasteiger partial charge < -0.3 is 9.88 Å². The van der Waals surface area contributed by atoms with Gasteiger partial charge in [0.2, 0.25) is 5.91 Å². The molecule has 138 valence electrons. The summed E-state index contributed by atoms with van der Waals surface area (Å²) in [6.07, 6.45) is 8.01. The van der Waals surface area contributed by atoms with Crippen molar-refractivity contribution in [2.45, 2.75) is 38.0 Å². The lowest BCUT2D eigenvalue weighted by Gasteiger charge is -2.29. The number of nitriles is 1. The Morgan fingerprint density at radius 2 is 2.11 bits per heavy atom. The quantitative estimate of drug-likeness (QED) is 0.752. The standard InChI is InChI=1S/C19H21N7O/c20-9-12-6-8-25(10-12)19(27)14-3-1-13(2-4-14)16-17-15-5-7-21-18(15)22-11-26(17)24-23-16/h5,7,11-14,21H,1-4,6,8,10H2/t12-,13?,14?/m1/s1. The molecule has 0 aromatic carbocycles. The summed E-state index contributed by atoms with van der Waals surface area (Å²) in [5.74, 6) is 0.633. The summed E-state index contributed by atoms with van der Waals surface area (Å²) >= 11 is 0. The third-order valence-electron chi connectivity index (χ3n) is 6.14. The van der Waals surface area contributed by atoms with Crippen molar-refractivity contribution < 1.29 is 4.79 Å². The first-order chi connectivity index (χ1) is 13.2. The zero-order chi connectivity index (χ0) is 18.4. The van der Waals surface area contributed by atoms with E-state index in [0.29, 0.717) is 12.5 Å². The molecule has 3 aromatic heterocycles. The Balaban J connectivity index is 1.32. The summed E-state index contributed by atoms with van der Waals surface area (Å²) in [5, 5.41) is 18.8. The van der Waals surface area contributed by atoms with Crippen LogP contribution >= 0.6 is 0 Å². The Morgan fingerprint density at radius 1 is 1.26 bits per heavy atom. The summed E-state index contributed by atoms with van der Waals surface area (Å²) < 4.78 is 1.75. The van der Waals surface area contributed by atoms with Crippen LogP contribution in [0.5, 0.6) is 0 Å². The van der Waals surface area contributed by atoms with Gasteiger partial charge in [-0.25, -0.2) is 9.50 Å². The van der Waals surface area contributed by atoms with Gasteiger partial charge >= 0.3 is 0 Å². The second-order valence-electron chi connectivity index (χ2n) is 7.70. The first-order valence-corrected chi connectivity index (χ1v) is 9.60. The molecule has 1 atom stereocenters. The third-order valence-corrected chi connectivity index (χ3v) is 6.14. The molecule has 0 bridgehead atoms. The normalized spacial score (nSPS) is 25.9. The molecule has 1 N–H and O–H groups in total. The average molecular weight is 363 g/mol. The maximum atomic E-state index is 12.8. The van der Waals surface area contributed by atoms with Crippen molar-refractivity contribution in [2.24, 2.45) is 11.8 Å². The lowest BCUT2D eigenvalue weighted by atomic mass is 9.79. The van der Waals surface area contributed by atoms with Gasteiger partial charge in [0.15, 0.2) is 0 Å². The van der Waals surface area contributed by atoms with Crippen LogP contribution in [0.2, 0.25) is 0 Å². The van der Waals surface area contributed by atoms with Crippen LogP contribution in [-0.4, -0.2) is 48.7 Å². The molecule has 2 fully saturated rings. The summed E-state index contributed by atoms with van der Waals surface area (Å²) in [5.41, 5.74) is 2.88. The average Bonchev–Trinajstić information content (AvgIpc) is 3.45. The number of H-pyrrole nitrogens is 1. The number of hydrogen-bond donors (Lipinski definition) is 1. The van der Waals surface area contributed by atoms with E-state index in [2.05, 4.69) is 26.3 Å². The number of amides is 1. The second kappa shape index (κ2) is 6.34. The molecule has 1 saturated heterocycles. The first kappa shape index (κ1) is 16.2. The van der Waals surface area contributed by atoms with Gasteiger partial charge in [0.25, 0.3) is 0 Å². The zero-order valence-corrected chi connectivity index (χ0v) is 15.0. The minimum Gasteiger partial charge on any atom is -0.346 e. The zero-order valence-electron chi connectivity index (χ0n) is 15.0. The predicted octanol–water partition coefficient (Wildman–Crippen LogP) is 2.25. The molecule has 1 aliphatic carbocycles. The van der Waals surface area contributed by atoms with Crippen molar-refractivity contribution in [3.8, 4) is 6.07 Å². The highest BCUT2D eigenvalue weighted by Gasteiger charge is 2.34. The molecule has 0 radical (unpaired) electrons. The monoisotopic (exact) mass is 363 g/mol. The number of carbonyl (C=O) groups excluding carboxylic acids is 1. The molecule has 0 unspecified atom stereocenters. The van der Waals surface area contributed by atoms with E-state index >= 15 is 0 Å². The molecule has 1 aliphatic heterocycles. The van der Waals surface area contributed by atoms with E-state index < -0.39 is 0 Å². The van der Waals surface area contributed by atoms with Gasteiger partial charge in [0, 0.05) is 36.5 Å². The van der Waals surface area contributed by atoms with Crippen molar-refractivity contribution in [1.29, 1.82) is 5.26 Å². The highest BCUT2D eigenvalue weighted by molar-refractivity contribution is 5.92. The van der Waals surface area contributed by atoms with Gasteiger partial charge in [-0.2, -0.15) is 5.26 Å². The van der Waals surface area contributed by atoms with Gasteiger partial charge in [0.1, 0.15) is 17.5 Å². The Labute approximate surface area is 156 Å². The molecule has 8 nitrogen and oxygen atoms in total. The van der Waals surface area contributed by atoms with Crippen LogP contribution in [0.25, 0.3) is 16.6 Å². The van der Waals surface area contributed by atoms with E-state index in [9.17, 15) is 4.79 Å². The van der Waals surface area contributed by atoms with Gasteiger partial charge in [-0.1, -0.05) is 5.21 Å². The number of nitrogens with one attached hydrogen (secondary N) is 1. The summed E-state index contributed by atoms with van der Waals surface area (Å²) in [4.78, 5) is 22.2.